The third-order valence-electron chi connectivity index (χ3n) is 7.70. The molecule has 1 saturated carbocycles. The van der Waals surface area contributed by atoms with Crippen LogP contribution < -0.4 is 10.2 Å². The average Bonchev–Trinajstić information content (AvgIpc) is 3.81. The number of halogens is 5. The number of benzene rings is 2. The molecule has 2 N–H and O–H groups in total. The molecular weight excluding hydrogens is 590 g/mol. The normalized spacial score (nSPS) is 16.2. The van der Waals surface area contributed by atoms with Crippen LogP contribution in [0.2, 0.25) is 10.0 Å². The lowest BCUT2D eigenvalue weighted by atomic mass is 9.94. The number of hydrogen-bond acceptors (Lipinski definition) is 7. The van der Waals surface area contributed by atoms with Crippen molar-refractivity contribution < 1.29 is 23.1 Å². The number of aromatic hydroxyl groups is 1. The molecule has 0 bridgehead atoms. The predicted octanol–water partition coefficient (Wildman–Crippen LogP) is 7.42. The summed E-state index contributed by atoms with van der Waals surface area (Å²) in [6.07, 6.45) is -0.247. The van der Waals surface area contributed by atoms with Gasteiger partial charge in [0, 0.05) is 43.7 Å². The summed E-state index contributed by atoms with van der Waals surface area (Å²) in [7, 11) is 2.07. The van der Waals surface area contributed by atoms with Gasteiger partial charge in [-0.25, -0.2) is 4.98 Å². The molecule has 1 saturated heterocycles. The first-order chi connectivity index (χ1) is 20.0. The lowest BCUT2D eigenvalue weighted by molar-refractivity contribution is -0.137. The number of aromatic nitrogens is 2. The molecule has 218 valence electrons. The van der Waals surface area contributed by atoms with E-state index in [0.29, 0.717) is 22.3 Å². The number of alkyl halides is 3. The Morgan fingerprint density at radius 2 is 1.69 bits per heavy atom. The highest BCUT2D eigenvalue weighted by Crippen LogP contribution is 2.45. The van der Waals surface area contributed by atoms with Crippen molar-refractivity contribution in [3.63, 3.8) is 0 Å². The topological polar surface area (TPSA) is 81.6 Å². The highest BCUT2D eigenvalue weighted by atomic mass is 35.5. The largest absolute Gasteiger partial charge is 0.505 e. The standard InChI is InChI=1S/C30H26Cl2F3N5O2/c1-39-6-8-40(9-7-39)26-5-4-18(14-37-26)38-27-20-12-19(17-10-23(31)29(42)24(32)11-17)22(30(33,34)35)13-25(20)36-15-21(27)28(41)16-2-3-16/h4-5,10-16,42H,2-3,6-9H2,1H3,(H,36,38). The number of phenols is 1. The summed E-state index contributed by atoms with van der Waals surface area (Å²) < 4.78 is 42.9. The van der Waals surface area contributed by atoms with Crippen molar-refractivity contribution in [3.8, 4) is 16.9 Å². The van der Waals surface area contributed by atoms with Crippen LogP contribution in [0.15, 0.2) is 48.8 Å². The number of Topliss-reactive ketones (excluding diaryl/α,β-unsaturated/α-hetero) is 1. The number of pyridine rings is 2. The Labute approximate surface area is 249 Å². The predicted molar refractivity (Wildman–Crippen MR) is 158 cm³/mol. The molecule has 7 nitrogen and oxygen atoms in total. The number of phenolic OH excluding ortho intramolecular Hbond substituents is 1. The van der Waals surface area contributed by atoms with Gasteiger partial charge in [-0.1, -0.05) is 23.2 Å². The number of nitrogens with zero attached hydrogens (tertiary/aromatic N) is 4. The molecule has 2 aromatic heterocycles. The van der Waals surface area contributed by atoms with Crippen molar-refractivity contribution in [3.05, 3.63) is 70.0 Å². The zero-order valence-electron chi connectivity index (χ0n) is 22.5. The summed E-state index contributed by atoms with van der Waals surface area (Å²) in [5.74, 6) is 0.128. The number of piperazine rings is 1. The van der Waals surface area contributed by atoms with Gasteiger partial charge in [-0.3, -0.25) is 9.78 Å². The van der Waals surface area contributed by atoms with Crippen LogP contribution in [0.5, 0.6) is 5.75 Å². The summed E-state index contributed by atoms with van der Waals surface area (Å²) in [4.78, 5) is 26.6. The summed E-state index contributed by atoms with van der Waals surface area (Å²) >= 11 is 12.2. The van der Waals surface area contributed by atoms with Crippen LogP contribution in [0.25, 0.3) is 22.0 Å². The summed E-state index contributed by atoms with van der Waals surface area (Å²) in [5, 5.41) is 13.2. The van der Waals surface area contributed by atoms with E-state index in [1.165, 1.54) is 24.4 Å². The monoisotopic (exact) mass is 615 g/mol. The van der Waals surface area contributed by atoms with Crippen LogP contribution in [0, 0.1) is 5.92 Å². The second-order valence-corrected chi connectivity index (χ2v) is 11.5. The number of carbonyl (C=O) groups excluding carboxylic acids is 1. The zero-order valence-corrected chi connectivity index (χ0v) is 24.0. The molecule has 2 aromatic carbocycles. The fourth-order valence-electron chi connectivity index (χ4n) is 5.15. The summed E-state index contributed by atoms with van der Waals surface area (Å²) in [5.41, 5.74) is 0.146. The van der Waals surface area contributed by atoms with Gasteiger partial charge in [0.1, 0.15) is 5.82 Å². The summed E-state index contributed by atoms with van der Waals surface area (Å²) in [6, 6.07) is 8.45. The SMILES string of the molecule is CN1CCN(c2ccc(Nc3c(C(=O)C4CC4)cnc4cc(C(F)(F)F)c(-c5cc(Cl)c(O)c(Cl)c5)cc34)cn2)CC1. The Bertz CT molecular complexity index is 1660. The second-order valence-electron chi connectivity index (χ2n) is 10.7. The van der Waals surface area contributed by atoms with Gasteiger partial charge in [-0.15, -0.1) is 0 Å². The van der Waals surface area contributed by atoms with E-state index in [0.717, 1.165) is 50.9 Å². The van der Waals surface area contributed by atoms with E-state index in [1.807, 2.05) is 12.1 Å². The molecule has 3 heterocycles. The second kappa shape index (κ2) is 10.9. The van der Waals surface area contributed by atoms with E-state index >= 15 is 0 Å². The molecule has 4 aromatic rings. The van der Waals surface area contributed by atoms with Crippen LogP contribution >= 0.6 is 23.2 Å². The summed E-state index contributed by atoms with van der Waals surface area (Å²) in [6.45, 7) is 3.55. The maximum atomic E-state index is 14.3. The van der Waals surface area contributed by atoms with E-state index in [4.69, 9.17) is 23.2 Å². The van der Waals surface area contributed by atoms with E-state index < -0.39 is 17.5 Å². The van der Waals surface area contributed by atoms with Crippen LogP contribution in [-0.2, 0) is 6.18 Å². The number of fused-ring (bicyclic) bond motifs is 1. The Balaban J connectivity index is 1.48. The molecular formula is C30H26Cl2F3N5O2. The Hall–Kier alpha value is -3.60. The molecule has 0 atom stereocenters. The van der Waals surface area contributed by atoms with Gasteiger partial charge in [0.2, 0.25) is 0 Å². The van der Waals surface area contributed by atoms with Gasteiger partial charge in [0.05, 0.1) is 44.3 Å². The maximum absolute atomic E-state index is 14.3. The molecule has 1 aliphatic carbocycles. The molecule has 1 aliphatic heterocycles. The smallest absolute Gasteiger partial charge is 0.417 e. The van der Waals surface area contributed by atoms with Crippen molar-refractivity contribution in [1.82, 2.24) is 14.9 Å². The van der Waals surface area contributed by atoms with Gasteiger partial charge < -0.3 is 20.2 Å². The molecule has 42 heavy (non-hydrogen) atoms. The minimum Gasteiger partial charge on any atom is -0.505 e. The fraction of sp³-hybridized carbons (Fsp3) is 0.300. The number of nitrogens with one attached hydrogen (secondary N) is 1. The number of carbonyl (C=O) groups is 1. The van der Waals surface area contributed by atoms with Gasteiger partial charge >= 0.3 is 6.18 Å². The van der Waals surface area contributed by atoms with Crippen LogP contribution in [0.3, 0.4) is 0 Å². The van der Waals surface area contributed by atoms with Gasteiger partial charge in [-0.05, 0) is 67.4 Å². The van der Waals surface area contributed by atoms with E-state index in [1.54, 1.807) is 6.20 Å². The number of ketones is 1. The fourth-order valence-corrected chi connectivity index (χ4v) is 5.63. The molecule has 2 aliphatic rings. The first-order valence-electron chi connectivity index (χ1n) is 13.4. The van der Waals surface area contributed by atoms with E-state index in [2.05, 4.69) is 32.1 Å². The molecule has 0 unspecified atom stereocenters. The Kier molecular flexibility index (Phi) is 7.41. The first kappa shape index (κ1) is 28.5. The molecule has 0 radical (unpaired) electrons. The quantitative estimate of drug-likeness (QED) is 0.218. The van der Waals surface area contributed by atoms with Gasteiger partial charge in [0.25, 0.3) is 0 Å². The van der Waals surface area contributed by atoms with Crippen LogP contribution in [-0.4, -0.2) is 59.0 Å². The van der Waals surface area contributed by atoms with E-state index in [-0.39, 0.29) is 38.4 Å². The Morgan fingerprint density at radius 1 is 1.00 bits per heavy atom. The van der Waals surface area contributed by atoms with Gasteiger partial charge in [-0.2, -0.15) is 13.2 Å². The van der Waals surface area contributed by atoms with Crippen molar-refractivity contribution in [2.24, 2.45) is 5.92 Å². The van der Waals surface area contributed by atoms with Crippen LogP contribution in [0.4, 0.5) is 30.4 Å². The molecule has 2 fully saturated rings. The lowest BCUT2D eigenvalue weighted by Crippen LogP contribution is -2.44. The highest BCUT2D eigenvalue weighted by Gasteiger charge is 2.36. The van der Waals surface area contributed by atoms with Gasteiger partial charge in [0.15, 0.2) is 11.5 Å². The molecule has 0 amide bonds. The molecule has 6 rings (SSSR count). The molecule has 12 heteroatoms. The minimum atomic E-state index is -4.73. The lowest BCUT2D eigenvalue weighted by Gasteiger charge is -2.33. The highest BCUT2D eigenvalue weighted by molar-refractivity contribution is 6.37. The zero-order chi connectivity index (χ0) is 29.8. The number of likely N-dealkylation sites (N-methyl/N-ethyl adjacent to an activating group) is 1. The first-order valence-corrected chi connectivity index (χ1v) is 14.2. The van der Waals surface area contributed by atoms with Crippen molar-refractivity contribution in [1.29, 1.82) is 0 Å². The van der Waals surface area contributed by atoms with E-state index in [9.17, 15) is 23.1 Å². The number of rotatable bonds is 6. The third-order valence-corrected chi connectivity index (χ3v) is 8.27. The third kappa shape index (κ3) is 5.58. The number of anilines is 3. The van der Waals surface area contributed by atoms with Crippen LogP contribution in [0.1, 0.15) is 28.8 Å². The average molecular weight is 616 g/mol. The number of hydrogen-bond donors (Lipinski definition) is 2. The van der Waals surface area contributed by atoms with Crippen molar-refractivity contribution in [2.45, 2.75) is 19.0 Å². The van der Waals surface area contributed by atoms with Crippen molar-refractivity contribution in [2.75, 3.05) is 43.4 Å². The van der Waals surface area contributed by atoms with Crippen molar-refractivity contribution >= 4 is 57.1 Å². The maximum Gasteiger partial charge on any atom is 0.417 e. The minimum absolute atomic E-state index is 0.0545. The molecule has 0 spiro atoms. The Morgan fingerprint density at radius 3 is 2.29 bits per heavy atom.